The van der Waals surface area contributed by atoms with Crippen molar-refractivity contribution in [1.82, 2.24) is 4.90 Å². The van der Waals surface area contributed by atoms with Gasteiger partial charge in [0.25, 0.3) is 0 Å². The number of rotatable bonds is 5. The maximum atomic E-state index is 6.38. The number of benzene rings is 1. The average Bonchev–Trinajstić information content (AvgIpc) is 3.43. The second-order valence-corrected chi connectivity index (χ2v) is 8.90. The summed E-state index contributed by atoms with van der Waals surface area (Å²) in [5.74, 6) is 0. The maximum absolute atomic E-state index is 6.38. The van der Waals surface area contributed by atoms with Gasteiger partial charge in [-0.05, 0) is 57.6 Å². The zero-order valence-corrected chi connectivity index (χ0v) is 16.8. The van der Waals surface area contributed by atoms with E-state index in [9.17, 15) is 0 Å². The van der Waals surface area contributed by atoms with E-state index in [-0.39, 0.29) is 18.3 Å². The van der Waals surface area contributed by atoms with E-state index in [1.807, 2.05) is 0 Å². The Kier molecular flexibility index (Phi) is 4.83. The summed E-state index contributed by atoms with van der Waals surface area (Å²) in [6.45, 7) is 13.4. The monoisotopic (exact) mass is 356 g/mol. The van der Waals surface area contributed by atoms with Gasteiger partial charge in [-0.15, -0.1) is 0 Å². The molecule has 4 rings (SSSR count). The van der Waals surface area contributed by atoms with Crippen molar-refractivity contribution < 1.29 is 9.31 Å². The Morgan fingerprint density at radius 2 is 1.65 bits per heavy atom. The van der Waals surface area contributed by atoms with Gasteiger partial charge in [-0.25, -0.2) is 0 Å². The Balaban J connectivity index is 1.40. The topological polar surface area (TPSA) is 24.9 Å². The Hall–Kier alpha value is -1.04. The molecule has 26 heavy (non-hydrogen) atoms. The molecule has 1 aromatic carbocycles. The van der Waals surface area contributed by atoms with E-state index in [0.717, 1.165) is 37.4 Å². The number of piperazine rings is 1. The highest BCUT2D eigenvalue weighted by Gasteiger charge is 2.53. The van der Waals surface area contributed by atoms with E-state index in [0.29, 0.717) is 0 Å². The predicted octanol–water partition coefficient (Wildman–Crippen LogP) is 3.05. The molecule has 2 saturated heterocycles. The highest BCUT2D eigenvalue weighted by atomic mass is 16.7. The lowest BCUT2D eigenvalue weighted by Gasteiger charge is -2.36. The van der Waals surface area contributed by atoms with Crippen molar-refractivity contribution in [2.45, 2.75) is 70.6 Å². The molecule has 5 heteroatoms. The van der Waals surface area contributed by atoms with Crippen LogP contribution >= 0.6 is 0 Å². The van der Waals surface area contributed by atoms with Gasteiger partial charge in [0, 0.05) is 37.9 Å². The summed E-state index contributed by atoms with van der Waals surface area (Å²) in [5, 5.41) is 0. The van der Waals surface area contributed by atoms with E-state index in [4.69, 9.17) is 9.31 Å². The van der Waals surface area contributed by atoms with Gasteiger partial charge >= 0.3 is 7.12 Å². The van der Waals surface area contributed by atoms with Gasteiger partial charge < -0.3 is 14.2 Å². The fourth-order valence-electron chi connectivity index (χ4n) is 4.39. The molecule has 0 aromatic heterocycles. The van der Waals surface area contributed by atoms with E-state index in [2.05, 4.69) is 61.8 Å². The molecular weight excluding hydrogens is 323 g/mol. The molecule has 2 aliphatic heterocycles. The molecule has 1 saturated carbocycles. The molecule has 1 aliphatic carbocycles. The second-order valence-electron chi connectivity index (χ2n) is 8.90. The molecule has 1 unspecified atom stereocenters. The molecule has 1 aromatic rings. The van der Waals surface area contributed by atoms with E-state index in [1.165, 1.54) is 31.6 Å². The number of hydrogen-bond donors (Lipinski definition) is 0. The number of anilines is 1. The van der Waals surface area contributed by atoms with Crippen LogP contribution in [0.4, 0.5) is 5.69 Å². The molecule has 0 radical (unpaired) electrons. The van der Waals surface area contributed by atoms with Crippen molar-refractivity contribution in [1.29, 1.82) is 0 Å². The lowest BCUT2D eigenvalue weighted by atomic mass is 9.79. The van der Waals surface area contributed by atoms with Crippen molar-refractivity contribution in [3.05, 3.63) is 24.3 Å². The van der Waals surface area contributed by atoms with Crippen molar-refractivity contribution in [3.8, 4) is 0 Å². The third kappa shape index (κ3) is 3.41. The normalized spacial score (nSPS) is 29.4. The Morgan fingerprint density at radius 3 is 2.23 bits per heavy atom. The zero-order chi connectivity index (χ0) is 18.4. The highest BCUT2D eigenvalue weighted by molar-refractivity contribution is 6.62. The van der Waals surface area contributed by atoms with Gasteiger partial charge in [-0.1, -0.05) is 25.5 Å². The summed E-state index contributed by atoms with van der Waals surface area (Å²) in [5.41, 5.74) is 1.94. The minimum atomic E-state index is -0.272. The first kappa shape index (κ1) is 18.3. The molecule has 0 N–H and O–H groups in total. The molecule has 3 fully saturated rings. The molecule has 0 bridgehead atoms. The third-order valence-corrected chi connectivity index (χ3v) is 6.68. The fraction of sp³-hybridized carbons (Fsp3) is 0.714. The van der Waals surface area contributed by atoms with E-state index in [1.54, 1.807) is 0 Å². The minimum absolute atomic E-state index is 0.232. The minimum Gasteiger partial charge on any atom is -0.399 e. The van der Waals surface area contributed by atoms with Crippen molar-refractivity contribution >= 4 is 18.3 Å². The smallest absolute Gasteiger partial charge is 0.399 e. The van der Waals surface area contributed by atoms with Gasteiger partial charge in [0.05, 0.1) is 11.2 Å². The molecule has 4 nitrogen and oxygen atoms in total. The molecule has 3 aliphatic rings. The zero-order valence-electron chi connectivity index (χ0n) is 16.8. The van der Waals surface area contributed by atoms with Crippen LogP contribution in [0.5, 0.6) is 0 Å². The summed E-state index contributed by atoms with van der Waals surface area (Å²) >= 11 is 0. The standard InChI is InChI=1S/C21H33BN2O2/c1-5-12-21(4)20(2,3)25-22(26-21)17-6-8-18(9-7-17)23-13-15-24(16-14-23)19-10-11-19/h6-9,19H,5,10-16H2,1-4H3. The Morgan fingerprint density at radius 1 is 1.00 bits per heavy atom. The molecule has 0 spiro atoms. The predicted molar refractivity (Wildman–Crippen MR) is 108 cm³/mol. The van der Waals surface area contributed by atoms with Gasteiger partial charge in [0.1, 0.15) is 0 Å². The molecular formula is C21H33BN2O2. The first-order chi connectivity index (χ1) is 12.4. The number of hydrogen-bond acceptors (Lipinski definition) is 4. The van der Waals surface area contributed by atoms with Gasteiger partial charge in [0.15, 0.2) is 0 Å². The highest BCUT2D eigenvalue weighted by Crippen LogP contribution is 2.40. The SMILES string of the molecule is CCCC1(C)OB(c2ccc(N3CCN(C4CC4)CC3)cc2)OC1(C)C. The summed E-state index contributed by atoms with van der Waals surface area (Å²) in [4.78, 5) is 5.16. The summed E-state index contributed by atoms with van der Waals surface area (Å²) < 4.78 is 12.7. The van der Waals surface area contributed by atoms with Crippen molar-refractivity contribution in [2.24, 2.45) is 0 Å². The van der Waals surface area contributed by atoms with E-state index < -0.39 is 0 Å². The molecule has 0 amide bonds. The molecule has 2 heterocycles. The van der Waals surface area contributed by atoms with Gasteiger partial charge in [0.2, 0.25) is 0 Å². The van der Waals surface area contributed by atoms with E-state index >= 15 is 0 Å². The summed E-state index contributed by atoms with van der Waals surface area (Å²) in [6.07, 6.45) is 4.93. The summed E-state index contributed by atoms with van der Waals surface area (Å²) in [6, 6.07) is 9.72. The lowest BCUT2D eigenvalue weighted by molar-refractivity contribution is -0.0159. The van der Waals surface area contributed by atoms with Crippen LogP contribution in [0.15, 0.2) is 24.3 Å². The first-order valence-electron chi connectivity index (χ1n) is 10.4. The molecule has 1 atom stereocenters. The summed E-state index contributed by atoms with van der Waals surface area (Å²) in [7, 11) is -0.262. The fourth-order valence-corrected chi connectivity index (χ4v) is 4.39. The number of nitrogens with zero attached hydrogens (tertiary/aromatic N) is 2. The third-order valence-electron chi connectivity index (χ3n) is 6.68. The van der Waals surface area contributed by atoms with Crippen LogP contribution in [0.25, 0.3) is 0 Å². The lowest BCUT2D eigenvalue weighted by Crippen LogP contribution is -2.47. The Bertz CT molecular complexity index is 623. The first-order valence-corrected chi connectivity index (χ1v) is 10.4. The second kappa shape index (κ2) is 6.85. The van der Waals surface area contributed by atoms with Crippen LogP contribution in [-0.2, 0) is 9.31 Å². The average molecular weight is 356 g/mol. The van der Waals surface area contributed by atoms with Crippen molar-refractivity contribution in [2.75, 3.05) is 31.1 Å². The van der Waals surface area contributed by atoms with Crippen LogP contribution in [-0.4, -0.2) is 55.4 Å². The van der Waals surface area contributed by atoms with Gasteiger partial charge in [-0.3, -0.25) is 4.90 Å². The van der Waals surface area contributed by atoms with Crippen LogP contribution in [0, 0.1) is 0 Å². The maximum Gasteiger partial charge on any atom is 0.494 e. The quantitative estimate of drug-likeness (QED) is 0.757. The van der Waals surface area contributed by atoms with Crippen LogP contribution < -0.4 is 10.4 Å². The molecule has 142 valence electrons. The largest absolute Gasteiger partial charge is 0.494 e. The van der Waals surface area contributed by atoms with Crippen LogP contribution in [0.1, 0.15) is 53.4 Å². The van der Waals surface area contributed by atoms with Crippen molar-refractivity contribution in [3.63, 3.8) is 0 Å². The van der Waals surface area contributed by atoms with Crippen LogP contribution in [0.2, 0.25) is 0 Å². The van der Waals surface area contributed by atoms with Crippen LogP contribution in [0.3, 0.4) is 0 Å². The Labute approximate surface area is 159 Å². The van der Waals surface area contributed by atoms with Gasteiger partial charge in [-0.2, -0.15) is 0 Å².